The van der Waals surface area contributed by atoms with Gasteiger partial charge in [-0.15, -0.1) is 0 Å². The smallest absolute Gasteiger partial charge is 0.338 e. The Morgan fingerprint density at radius 1 is 0.829 bits per heavy atom. The van der Waals surface area contributed by atoms with Crippen LogP contribution in [0.1, 0.15) is 39.0 Å². The average molecular weight is 477 g/mol. The summed E-state index contributed by atoms with van der Waals surface area (Å²) in [6.45, 7) is -0.377. The highest BCUT2D eigenvalue weighted by molar-refractivity contribution is 5.91. The Hall–Kier alpha value is -3.48. The van der Waals surface area contributed by atoms with Crippen LogP contribution in [-0.2, 0) is 40.1 Å². The summed E-state index contributed by atoms with van der Waals surface area (Å²) in [6, 6.07) is 24.7. The average Bonchev–Trinajstić information content (AvgIpc) is 2.90. The van der Waals surface area contributed by atoms with Crippen LogP contribution >= 0.6 is 0 Å². The fraction of sp³-hybridized carbons (Fsp3) is 0.310. The van der Waals surface area contributed by atoms with Crippen molar-refractivity contribution < 1.29 is 29.3 Å². The molecule has 35 heavy (non-hydrogen) atoms. The molecule has 0 saturated carbocycles. The van der Waals surface area contributed by atoms with Crippen LogP contribution < -0.4 is 0 Å². The van der Waals surface area contributed by atoms with Gasteiger partial charge < -0.3 is 19.7 Å². The van der Waals surface area contributed by atoms with Crippen molar-refractivity contribution in [2.45, 2.75) is 38.4 Å². The lowest BCUT2D eigenvalue weighted by Gasteiger charge is -2.20. The Labute approximate surface area is 206 Å². The Balaban J connectivity index is 1.53. The first-order valence-electron chi connectivity index (χ1n) is 11.7. The number of ether oxygens (including phenoxy) is 2. The molecule has 184 valence electrons. The summed E-state index contributed by atoms with van der Waals surface area (Å²) in [5.41, 5.74) is 4.48. The van der Waals surface area contributed by atoms with E-state index in [9.17, 15) is 19.8 Å². The van der Waals surface area contributed by atoms with E-state index in [2.05, 4.69) is 6.07 Å². The largest absolute Gasteiger partial charge is 0.465 e. The molecule has 0 radical (unpaired) electrons. The number of carbonyl (C=O) groups is 2. The molecule has 0 aliphatic heterocycles. The van der Waals surface area contributed by atoms with E-state index in [1.54, 1.807) is 6.07 Å². The molecule has 3 aromatic rings. The van der Waals surface area contributed by atoms with Gasteiger partial charge in [-0.25, -0.2) is 4.79 Å². The van der Waals surface area contributed by atoms with Crippen LogP contribution in [0.25, 0.3) is 0 Å². The van der Waals surface area contributed by atoms with Crippen molar-refractivity contribution in [3.8, 4) is 0 Å². The molecule has 6 nitrogen and oxygen atoms in total. The fourth-order valence-corrected chi connectivity index (χ4v) is 3.97. The van der Waals surface area contributed by atoms with Crippen molar-refractivity contribution in [1.29, 1.82) is 0 Å². The van der Waals surface area contributed by atoms with Crippen LogP contribution in [0.3, 0.4) is 0 Å². The highest BCUT2D eigenvalue weighted by atomic mass is 16.5. The van der Waals surface area contributed by atoms with Crippen molar-refractivity contribution in [3.05, 3.63) is 107 Å². The summed E-state index contributed by atoms with van der Waals surface area (Å²) in [5, 5.41) is 20.2. The molecule has 0 heterocycles. The minimum absolute atomic E-state index is 0.101. The van der Waals surface area contributed by atoms with Crippen molar-refractivity contribution in [2.24, 2.45) is 5.92 Å². The van der Waals surface area contributed by atoms with Crippen LogP contribution in [0, 0.1) is 5.92 Å². The lowest BCUT2D eigenvalue weighted by atomic mass is 9.95. The molecule has 0 aliphatic rings. The van der Waals surface area contributed by atoms with Crippen LogP contribution in [0.15, 0.2) is 78.9 Å². The zero-order valence-corrected chi connectivity index (χ0v) is 19.9. The second-order valence-electron chi connectivity index (χ2n) is 8.46. The summed E-state index contributed by atoms with van der Waals surface area (Å²) in [6.07, 6.45) is 1.29. The monoisotopic (exact) mass is 476 g/mol. The molecule has 0 aliphatic carbocycles. The Morgan fingerprint density at radius 3 is 2.20 bits per heavy atom. The van der Waals surface area contributed by atoms with Gasteiger partial charge in [0.25, 0.3) is 0 Å². The Kier molecular flexibility index (Phi) is 10.0. The summed E-state index contributed by atoms with van der Waals surface area (Å²) >= 11 is 0. The molecule has 0 bridgehead atoms. The van der Waals surface area contributed by atoms with Gasteiger partial charge in [-0.2, -0.15) is 0 Å². The first kappa shape index (κ1) is 26.1. The molecule has 6 heteroatoms. The summed E-state index contributed by atoms with van der Waals surface area (Å²) in [5.74, 6) is -1.94. The maximum atomic E-state index is 12.4. The molecular weight excluding hydrogens is 444 g/mol. The first-order valence-corrected chi connectivity index (χ1v) is 11.7. The van der Waals surface area contributed by atoms with Crippen molar-refractivity contribution in [2.75, 3.05) is 13.7 Å². The molecular formula is C29H32O6. The minimum atomic E-state index is -1.01. The van der Waals surface area contributed by atoms with Gasteiger partial charge in [0.1, 0.15) is 12.5 Å². The molecule has 0 amide bonds. The molecule has 0 unspecified atom stereocenters. The number of carbonyl (C=O) groups excluding carboxylic acids is 2. The van der Waals surface area contributed by atoms with E-state index in [0.717, 1.165) is 28.7 Å². The second kappa shape index (κ2) is 13.4. The number of benzene rings is 3. The maximum Gasteiger partial charge on any atom is 0.338 e. The van der Waals surface area contributed by atoms with E-state index in [1.807, 2.05) is 66.7 Å². The lowest BCUT2D eigenvalue weighted by Crippen LogP contribution is -2.33. The number of methoxy groups -OCH3 is 1. The number of hydrogen-bond acceptors (Lipinski definition) is 6. The van der Waals surface area contributed by atoms with Gasteiger partial charge in [0.05, 0.1) is 25.4 Å². The van der Waals surface area contributed by atoms with Crippen molar-refractivity contribution >= 4 is 11.9 Å². The Morgan fingerprint density at radius 2 is 1.49 bits per heavy atom. The number of aryl methyl sites for hydroxylation is 3. The molecule has 0 fully saturated rings. The van der Waals surface area contributed by atoms with Gasteiger partial charge in [0, 0.05) is 0 Å². The second-order valence-corrected chi connectivity index (χ2v) is 8.46. The van der Waals surface area contributed by atoms with Gasteiger partial charge >= 0.3 is 11.9 Å². The third kappa shape index (κ3) is 7.77. The number of rotatable bonds is 12. The minimum Gasteiger partial charge on any atom is -0.465 e. The number of aliphatic hydroxyl groups excluding tert-OH is 2. The molecule has 3 rings (SSSR count). The maximum absolute atomic E-state index is 12.4. The van der Waals surface area contributed by atoms with Gasteiger partial charge in [-0.3, -0.25) is 4.79 Å². The van der Waals surface area contributed by atoms with E-state index >= 15 is 0 Å². The summed E-state index contributed by atoms with van der Waals surface area (Å²) < 4.78 is 10.2. The molecule has 0 saturated heterocycles. The molecule has 0 aromatic heterocycles. The van der Waals surface area contributed by atoms with Gasteiger partial charge in [-0.05, 0) is 54.0 Å². The zero-order valence-electron chi connectivity index (χ0n) is 19.9. The topological polar surface area (TPSA) is 93.1 Å². The van der Waals surface area contributed by atoms with E-state index in [-0.39, 0.29) is 12.6 Å². The summed E-state index contributed by atoms with van der Waals surface area (Å²) in [4.78, 5) is 24.4. The Bertz CT molecular complexity index is 1100. The van der Waals surface area contributed by atoms with Gasteiger partial charge in [0.15, 0.2) is 0 Å². The highest BCUT2D eigenvalue weighted by Crippen LogP contribution is 2.18. The highest BCUT2D eigenvalue weighted by Gasteiger charge is 2.27. The molecule has 0 spiro atoms. The predicted octanol–water partition coefficient (Wildman–Crippen LogP) is 3.90. The van der Waals surface area contributed by atoms with E-state index in [4.69, 9.17) is 9.47 Å². The van der Waals surface area contributed by atoms with Crippen LogP contribution in [-0.4, -0.2) is 42.0 Å². The summed E-state index contributed by atoms with van der Waals surface area (Å²) in [7, 11) is 1.38. The van der Waals surface area contributed by atoms with Gasteiger partial charge in [0.2, 0.25) is 0 Å². The van der Waals surface area contributed by atoms with Crippen molar-refractivity contribution in [3.63, 3.8) is 0 Å². The van der Waals surface area contributed by atoms with E-state index < -0.39 is 24.6 Å². The van der Waals surface area contributed by atoms with Crippen LogP contribution in [0.4, 0.5) is 0 Å². The third-order valence-electron chi connectivity index (χ3n) is 6.01. The van der Waals surface area contributed by atoms with Gasteiger partial charge in [-0.1, -0.05) is 72.8 Å². The van der Waals surface area contributed by atoms with Crippen LogP contribution in [0.2, 0.25) is 0 Å². The first-order chi connectivity index (χ1) is 17.0. The van der Waals surface area contributed by atoms with E-state index in [1.165, 1.54) is 7.11 Å². The molecule has 3 aromatic carbocycles. The van der Waals surface area contributed by atoms with E-state index in [0.29, 0.717) is 24.8 Å². The number of hydrogen-bond donors (Lipinski definition) is 2. The zero-order chi connectivity index (χ0) is 25.0. The molecule has 2 N–H and O–H groups in total. The number of esters is 2. The predicted molar refractivity (Wildman–Crippen MR) is 133 cm³/mol. The quantitative estimate of drug-likeness (QED) is 0.385. The molecule has 2 atom stereocenters. The number of aliphatic hydroxyl groups is 2. The van der Waals surface area contributed by atoms with Crippen LogP contribution in [0.5, 0.6) is 0 Å². The standard InChI is InChI=1S/C29H32O6/c1-34-28(32)25-13-6-5-12-24(25)16-14-21-10-7-11-22(18-21)15-17-27(31)26(19-30)29(33)35-20-23-8-3-2-4-9-23/h2-13,18,26-27,30-31H,14-17,19-20H2,1H3/t26-,27-/m1/s1. The fourth-order valence-electron chi connectivity index (χ4n) is 3.97. The van der Waals surface area contributed by atoms with Crippen molar-refractivity contribution in [1.82, 2.24) is 0 Å². The third-order valence-corrected chi connectivity index (χ3v) is 6.01. The SMILES string of the molecule is COC(=O)c1ccccc1CCc1cccc(CC[C@@H](O)[C@@H](CO)C(=O)OCc2ccccc2)c1. The lowest BCUT2D eigenvalue weighted by molar-refractivity contribution is -0.156. The normalized spacial score (nSPS) is 12.5.